The lowest BCUT2D eigenvalue weighted by molar-refractivity contribution is 0.292. The Kier molecular flexibility index (Phi) is 5.67. The fourth-order valence-corrected chi connectivity index (χ4v) is 2.61. The molecule has 0 saturated carbocycles. The van der Waals surface area contributed by atoms with Crippen LogP contribution in [0.4, 0.5) is 0 Å². The van der Waals surface area contributed by atoms with E-state index < -0.39 is 0 Å². The van der Waals surface area contributed by atoms with Gasteiger partial charge in [-0.15, -0.1) is 0 Å². The molecule has 0 fully saturated rings. The van der Waals surface area contributed by atoms with Crippen LogP contribution < -0.4 is 5.32 Å². The van der Waals surface area contributed by atoms with E-state index in [-0.39, 0.29) is 0 Å². The monoisotopic (exact) mass is 301 g/mol. The average molecular weight is 302 g/mol. The standard InChI is InChI=1S/C13H24BrN3/c1-6-15-12(10(5)9(3)4)13-11(14)8-16-17(13)7-2/h8-10,12,15H,6-7H2,1-5H3. The van der Waals surface area contributed by atoms with Crippen LogP contribution in [0.2, 0.25) is 0 Å². The third-order valence-electron chi connectivity index (χ3n) is 3.43. The highest BCUT2D eigenvalue weighted by Crippen LogP contribution is 2.32. The van der Waals surface area contributed by atoms with E-state index >= 15 is 0 Å². The van der Waals surface area contributed by atoms with Crippen LogP contribution >= 0.6 is 15.9 Å². The molecule has 98 valence electrons. The van der Waals surface area contributed by atoms with Crippen LogP contribution in [0.1, 0.15) is 46.4 Å². The first-order chi connectivity index (χ1) is 8.02. The number of nitrogens with zero attached hydrogens (tertiary/aromatic N) is 2. The van der Waals surface area contributed by atoms with Crippen molar-refractivity contribution in [1.29, 1.82) is 0 Å². The maximum Gasteiger partial charge on any atom is 0.0698 e. The minimum absolute atomic E-state index is 0.358. The lowest BCUT2D eigenvalue weighted by atomic mass is 9.88. The van der Waals surface area contributed by atoms with Crippen molar-refractivity contribution in [3.05, 3.63) is 16.4 Å². The quantitative estimate of drug-likeness (QED) is 0.870. The maximum atomic E-state index is 4.41. The van der Waals surface area contributed by atoms with Gasteiger partial charge in [-0.1, -0.05) is 27.7 Å². The Morgan fingerprint density at radius 1 is 1.35 bits per heavy atom. The molecule has 1 N–H and O–H groups in total. The van der Waals surface area contributed by atoms with E-state index in [0.717, 1.165) is 17.6 Å². The van der Waals surface area contributed by atoms with E-state index in [1.807, 2.05) is 6.20 Å². The van der Waals surface area contributed by atoms with Crippen LogP contribution in [0.3, 0.4) is 0 Å². The summed E-state index contributed by atoms with van der Waals surface area (Å²) in [6.07, 6.45) is 1.90. The zero-order valence-corrected chi connectivity index (χ0v) is 13.1. The predicted molar refractivity (Wildman–Crippen MR) is 76.0 cm³/mol. The molecular formula is C13H24BrN3. The molecular weight excluding hydrogens is 278 g/mol. The lowest BCUT2D eigenvalue weighted by Gasteiger charge is -2.28. The fraction of sp³-hybridized carbons (Fsp3) is 0.769. The molecule has 1 rings (SSSR count). The summed E-state index contributed by atoms with van der Waals surface area (Å²) in [6, 6.07) is 0.358. The number of nitrogens with one attached hydrogen (secondary N) is 1. The maximum absolute atomic E-state index is 4.41. The van der Waals surface area contributed by atoms with E-state index in [0.29, 0.717) is 17.9 Å². The first-order valence-electron chi connectivity index (χ1n) is 6.47. The molecule has 0 aliphatic carbocycles. The molecule has 0 bridgehead atoms. The number of hydrogen-bond acceptors (Lipinski definition) is 2. The summed E-state index contributed by atoms with van der Waals surface area (Å²) in [5.74, 6) is 1.22. The third-order valence-corrected chi connectivity index (χ3v) is 4.04. The summed E-state index contributed by atoms with van der Waals surface area (Å²) in [5.41, 5.74) is 1.27. The van der Waals surface area contributed by atoms with Crippen molar-refractivity contribution < 1.29 is 0 Å². The number of aromatic nitrogens is 2. The topological polar surface area (TPSA) is 29.9 Å². The van der Waals surface area contributed by atoms with Gasteiger partial charge in [0.05, 0.1) is 22.4 Å². The van der Waals surface area contributed by atoms with Gasteiger partial charge in [-0.25, -0.2) is 0 Å². The molecule has 1 aromatic rings. The third kappa shape index (κ3) is 3.32. The van der Waals surface area contributed by atoms with Crippen LogP contribution in [0.15, 0.2) is 10.7 Å². The molecule has 4 heteroatoms. The number of aryl methyl sites for hydroxylation is 1. The van der Waals surface area contributed by atoms with Gasteiger partial charge in [0.2, 0.25) is 0 Å². The van der Waals surface area contributed by atoms with Gasteiger partial charge in [-0.05, 0) is 41.2 Å². The zero-order chi connectivity index (χ0) is 13.0. The highest BCUT2D eigenvalue weighted by atomic mass is 79.9. The van der Waals surface area contributed by atoms with Crippen LogP contribution in [0.5, 0.6) is 0 Å². The molecule has 1 aromatic heterocycles. The first-order valence-corrected chi connectivity index (χ1v) is 7.26. The summed E-state index contributed by atoms with van der Waals surface area (Å²) in [7, 11) is 0. The molecule has 0 amide bonds. The second-order valence-electron chi connectivity index (χ2n) is 4.83. The number of halogens is 1. The van der Waals surface area contributed by atoms with Crippen molar-refractivity contribution in [3.8, 4) is 0 Å². The Morgan fingerprint density at radius 2 is 2.00 bits per heavy atom. The lowest BCUT2D eigenvalue weighted by Crippen LogP contribution is -2.31. The van der Waals surface area contributed by atoms with Crippen molar-refractivity contribution in [2.45, 2.75) is 47.2 Å². The number of rotatable bonds is 6. The van der Waals surface area contributed by atoms with Gasteiger partial charge in [0, 0.05) is 6.54 Å². The molecule has 0 radical (unpaired) electrons. The molecule has 17 heavy (non-hydrogen) atoms. The summed E-state index contributed by atoms with van der Waals surface area (Å²) < 4.78 is 3.19. The molecule has 0 spiro atoms. The minimum atomic E-state index is 0.358. The van der Waals surface area contributed by atoms with Crippen molar-refractivity contribution >= 4 is 15.9 Å². The molecule has 3 nitrogen and oxygen atoms in total. The first kappa shape index (κ1) is 14.7. The Morgan fingerprint density at radius 3 is 2.47 bits per heavy atom. The Bertz CT molecular complexity index is 346. The van der Waals surface area contributed by atoms with Crippen LogP contribution in [0, 0.1) is 11.8 Å². The largest absolute Gasteiger partial charge is 0.309 e. The minimum Gasteiger partial charge on any atom is -0.309 e. The van der Waals surface area contributed by atoms with E-state index in [1.165, 1.54) is 5.69 Å². The van der Waals surface area contributed by atoms with Gasteiger partial charge in [0.25, 0.3) is 0 Å². The second-order valence-corrected chi connectivity index (χ2v) is 5.69. The summed E-state index contributed by atoms with van der Waals surface area (Å²) in [6.45, 7) is 13.0. The van der Waals surface area contributed by atoms with Gasteiger partial charge >= 0.3 is 0 Å². The Hall–Kier alpha value is -0.350. The predicted octanol–water partition coefficient (Wildman–Crippen LogP) is 3.61. The number of hydrogen-bond donors (Lipinski definition) is 1. The van der Waals surface area contributed by atoms with Crippen molar-refractivity contribution in [3.63, 3.8) is 0 Å². The van der Waals surface area contributed by atoms with Gasteiger partial charge in [-0.2, -0.15) is 5.10 Å². The van der Waals surface area contributed by atoms with Gasteiger partial charge < -0.3 is 5.32 Å². The Balaban J connectivity index is 3.08. The van der Waals surface area contributed by atoms with E-state index in [4.69, 9.17) is 0 Å². The molecule has 0 saturated heterocycles. The molecule has 2 atom stereocenters. The molecule has 0 aromatic carbocycles. The van der Waals surface area contributed by atoms with E-state index in [9.17, 15) is 0 Å². The summed E-state index contributed by atoms with van der Waals surface area (Å²) >= 11 is 3.62. The van der Waals surface area contributed by atoms with Crippen LogP contribution in [-0.2, 0) is 6.54 Å². The second kappa shape index (κ2) is 6.55. The van der Waals surface area contributed by atoms with E-state index in [2.05, 4.69) is 65.6 Å². The highest BCUT2D eigenvalue weighted by Gasteiger charge is 2.26. The Labute approximate surface area is 113 Å². The average Bonchev–Trinajstić information content (AvgIpc) is 2.66. The van der Waals surface area contributed by atoms with Crippen molar-refractivity contribution in [2.75, 3.05) is 6.54 Å². The normalized spacial score (nSPS) is 15.2. The van der Waals surface area contributed by atoms with Crippen molar-refractivity contribution in [2.24, 2.45) is 11.8 Å². The molecule has 1 heterocycles. The van der Waals surface area contributed by atoms with Gasteiger partial charge in [-0.3, -0.25) is 4.68 Å². The zero-order valence-electron chi connectivity index (χ0n) is 11.5. The molecule has 2 unspecified atom stereocenters. The summed E-state index contributed by atoms with van der Waals surface area (Å²) in [4.78, 5) is 0. The smallest absolute Gasteiger partial charge is 0.0698 e. The molecule has 0 aliphatic rings. The SMILES string of the molecule is CCNC(c1c(Br)cnn1CC)C(C)C(C)C. The van der Waals surface area contributed by atoms with Crippen LogP contribution in [-0.4, -0.2) is 16.3 Å². The van der Waals surface area contributed by atoms with E-state index in [1.54, 1.807) is 0 Å². The van der Waals surface area contributed by atoms with Crippen molar-refractivity contribution in [1.82, 2.24) is 15.1 Å². The van der Waals surface area contributed by atoms with Gasteiger partial charge in [0.15, 0.2) is 0 Å². The summed E-state index contributed by atoms with van der Waals surface area (Å²) in [5, 5.41) is 8.00. The fourth-order valence-electron chi connectivity index (χ4n) is 2.07. The molecule has 0 aliphatic heterocycles. The van der Waals surface area contributed by atoms with Crippen LogP contribution in [0.25, 0.3) is 0 Å². The van der Waals surface area contributed by atoms with Gasteiger partial charge in [0.1, 0.15) is 0 Å². The highest BCUT2D eigenvalue weighted by molar-refractivity contribution is 9.10.